The molecule has 0 aromatic carbocycles. The van der Waals surface area contributed by atoms with Crippen LogP contribution in [0.25, 0.3) is 0 Å². The molecule has 0 unspecified atom stereocenters. The summed E-state index contributed by atoms with van der Waals surface area (Å²) in [5.41, 5.74) is 0.707. The van der Waals surface area contributed by atoms with E-state index < -0.39 is 0 Å². The zero-order valence-electron chi connectivity index (χ0n) is 14.1. The van der Waals surface area contributed by atoms with Gasteiger partial charge < -0.3 is 9.55 Å². The number of aryl methyl sites for hydroxylation is 2. The summed E-state index contributed by atoms with van der Waals surface area (Å²) in [5, 5.41) is 0. The monoisotopic (exact) mass is 315 g/mol. The van der Waals surface area contributed by atoms with Gasteiger partial charge in [0, 0.05) is 44.2 Å². The van der Waals surface area contributed by atoms with Crippen molar-refractivity contribution in [2.45, 2.75) is 39.2 Å². The van der Waals surface area contributed by atoms with Gasteiger partial charge in [-0.2, -0.15) is 0 Å². The average molecular weight is 315 g/mol. The van der Waals surface area contributed by atoms with E-state index in [1.165, 1.54) is 18.9 Å². The lowest BCUT2D eigenvalue weighted by molar-refractivity contribution is 0.125. The van der Waals surface area contributed by atoms with E-state index in [9.17, 15) is 4.79 Å². The van der Waals surface area contributed by atoms with E-state index in [1.807, 2.05) is 26.4 Å². The van der Waals surface area contributed by atoms with Crippen molar-refractivity contribution >= 4 is 0 Å². The van der Waals surface area contributed by atoms with Gasteiger partial charge in [0.25, 0.3) is 5.56 Å². The molecule has 0 radical (unpaired) electrons. The third kappa shape index (κ3) is 3.69. The number of hydrogen-bond donors (Lipinski definition) is 1. The molecule has 2 aromatic heterocycles. The fraction of sp³-hybridized carbons (Fsp3) is 0.588. The highest BCUT2D eigenvalue weighted by Gasteiger charge is 2.26. The molecule has 0 aliphatic carbocycles. The van der Waals surface area contributed by atoms with Crippen molar-refractivity contribution in [1.82, 2.24) is 24.4 Å². The number of aromatic nitrogens is 4. The van der Waals surface area contributed by atoms with Crippen molar-refractivity contribution < 1.29 is 0 Å². The zero-order valence-corrected chi connectivity index (χ0v) is 14.1. The van der Waals surface area contributed by atoms with Gasteiger partial charge in [-0.05, 0) is 39.2 Å². The molecule has 1 N–H and O–H groups in total. The number of piperidine rings is 1. The maximum atomic E-state index is 11.7. The van der Waals surface area contributed by atoms with Gasteiger partial charge in [-0.15, -0.1) is 0 Å². The fourth-order valence-corrected chi connectivity index (χ4v) is 3.44. The van der Waals surface area contributed by atoms with Gasteiger partial charge >= 0.3 is 0 Å². The van der Waals surface area contributed by atoms with Gasteiger partial charge in [-0.3, -0.25) is 9.69 Å². The SMILES string of the molecule is Cc1cc(=O)[nH]c([C@H](C)N2CCC[C@@H](Cc3nccn3C)C2)n1. The average Bonchev–Trinajstić information content (AvgIpc) is 2.91. The van der Waals surface area contributed by atoms with Gasteiger partial charge in [0.15, 0.2) is 0 Å². The lowest BCUT2D eigenvalue weighted by Gasteiger charge is -2.36. The van der Waals surface area contributed by atoms with E-state index in [2.05, 4.69) is 31.3 Å². The largest absolute Gasteiger partial charge is 0.338 e. The van der Waals surface area contributed by atoms with Gasteiger partial charge in [-0.25, -0.2) is 9.97 Å². The summed E-state index contributed by atoms with van der Waals surface area (Å²) in [5.74, 6) is 2.52. The molecule has 3 rings (SSSR count). The lowest BCUT2D eigenvalue weighted by Crippen LogP contribution is -2.39. The maximum Gasteiger partial charge on any atom is 0.251 e. The first-order chi connectivity index (χ1) is 11.0. The van der Waals surface area contributed by atoms with Crippen LogP contribution in [0.15, 0.2) is 23.3 Å². The standard InChI is InChI=1S/C17H25N5O/c1-12-9-16(23)20-17(19-12)13(2)22-7-4-5-14(11-22)10-15-18-6-8-21(15)3/h6,8-9,13-14H,4-5,7,10-11H2,1-3H3,(H,19,20,23)/t13-,14-/m0/s1. The molecule has 23 heavy (non-hydrogen) atoms. The number of imidazole rings is 1. The Morgan fingerprint density at radius 1 is 1.48 bits per heavy atom. The van der Waals surface area contributed by atoms with Crippen LogP contribution in [-0.4, -0.2) is 37.5 Å². The minimum Gasteiger partial charge on any atom is -0.338 e. The minimum absolute atomic E-state index is 0.0686. The Morgan fingerprint density at radius 3 is 3.00 bits per heavy atom. The summed E-state index contributed by atoms with van der Waals surface area (Å²) < 4.78 is 2.10. The molecule has 1 aliphatic rings. The summed E-state index contributed by atoms with van der Waals surface area (Å²) in [6.07, 6.45) is 7.27. The summed E-state index contributed by atoms with van der Waals surface area (Å²) in [4.78, 5) is 26.0. The van der Waals surface area contributed by atoms with Crippen molar-refractivity contribution in [3.05, 3.63) is 46.2 Å². The van der Waals surface area contributed by atoms with Crippen LogP contribution in [0.5, 0.6) is 0 Å². The summed E-state index contributed by atoms with van der Waals surface area (Å²) >= 11 is 0. The first-order valence-electron chi connectivity index (χ1n) is 8.31. The van der Waals surface area contributed by atoms with Crippen molar-refractivity contribution in [3.63, 3.8) is 0 Å². The van der Waals surface area contributed by atoms with E-state index in [1.54, 1.807) is 0 Å². The number of aromatic amines is 1. The van der Waals surface area contributed by atoms with Crippen LogP contribution < -0.4 is 5.56 Å². The van der Waals surface area contributed by atoms with Gasteiger partial charge in [0.1, 0.15) is 11.6 Å². The molecule has 0 spiro atoms. The molecule has 124 valence electrons. The van der Waals surface area contributed by atoms with Crippen LogP contribution in [-0.2, 0) is 13.5 Å². The predicted molar refractivity (Wildman–Crippen MR) is 89.2 cm³/mol. The van der Waals surface area contributed by atoms with Crippen molar-refractivity contribution in [2.24, 2.45) is 13.0 Å². The summed E-state index contributed by atoms with van der Waals surface area (Å²) in [7, 11) is 2.05. The summed E-state index contributed by atoms with van der Waals surface area (Å²) in [6.45, 7) is 6.06. The van der Waals surface area contributed by atoms with E-state index >= 15 is 0 Å². The Balaban J connectivity index is 1.70. The highest BCUT2D eigenvalue weighted by atomic mass is 16.1. The molecule has 6 heteroatoms. The fourth-order valence-electron chi connectivity index (χ4n) is 3.44. The molecular formula is C17H25N5O. The highest BCUT2D eigenvalue weighted by molar-refractivity contribution is 5.04. The van der Waals surface area contributed by atoms with Gasteiger partial charge in [0.2, 0.25) is 0 Å². The minimum atomic E-state index is -0.0686. The topological polar surface area (TPSA) is 66.8 Å². The zero-order chi connectivity index (χ0) is 16.4. The van der Waals surface area contributed by atoms with Crippen LogP contribution >= 0.6 is 0 Å². The van der Waals surface area contributed by atoms with Crippen LogP contribution in [0.2, 0.25) is 0 Å². The van der Waals surface area contributed by atoms with Crippen LogP contribution in [0.3, 0.4) is 0 Å². The van der Waals surface area contributed by atoms with Gasteiger partial charge in [-0.1, -0.05) is 0 Å². The normalized spacial score (nSPS) is 20.6. The lowest BCUT2D eigenvalue weighted by atomic mass is 9.93. The third-order valence-corrected chi connectivity index (χ3v) is 4.77. The van der Waals surface area contributed by atoms with E-state index in [0.717, 1.165) is 36.9 Å². The molecule has 2 atom stereocenters. The van der Waals surface area contributed by atoms with Crippen molar-refractivity contribution in [1.29, 1.82) is 0 Å². The quantitative estimate of drug-likeness (QED) is 0.935. The maximum absolute atomic E-state index is 11.7. The molecule has 0 saturated carbocycles. The molecule has 2 aromatic rings. The Labute approximate surface area is 136 Å². The number of nitrogens with zero attached hydrogens (tertiary/aromatic N) is 4. The molecular weight excluding hydrogens is 290 g/mol. The Morgan fingerprint density at radius 2 is 2.30 bits per heavy atom. The number of likely N-dealkylation sites (tertiary alicyclic amines) is 1. The van der Waals surface area contributed by atoms with E-state index in [-0.39, 0.29) is 11.6 Å². The van der Waals surface area contributed by atoms with E-state index in [4.69, 9.17) is 0 Å². The molecule has 1 aliphatic heterocycles. The first kappa shape index (κ1) is 15.9. The molecule has 3 heterocycles. The summed E-state index contributed by atoms with van der Waals surface area (Å²) in [6, 6.07) is 1.67. The predicted octanol–water partition coefficient (Wildman–Crippen LogP) is 1.83. The van der Waals surface area contributed by atoms with Crippen LogP contribution in [0.4, 0.5) is 0 Å². The van der Waals surface area contributed by atoms with Crippen molar-refractivity contribution in [3.8, 4) is 0 Å². The smallest absolute Gasteiger partial charge is 0.251 e. The molecule has 1 saturated heterocycles. The molecule has 1 fully saturated rings. The molecule has 6 nitrogen and oxygen atoms in total. The highest BCUT2D eigenvalue weighted by Crippen LogP contribution is 2.26. The van der Waals surface area contributed by atoms with Gasteiger partial charge in [0.05, 0.1) is 6.04 Å². The Hall–Kier alpha value is -1.95. The number of H-pyrrole nitrogens is 1. The second-order valence-corrected chi connectivity index (χ2v) is 6.61. The third-order valence-electron chi connectivity index (χ3n) is 4.77. The van der Waals surface area contributed by atoms with Crippen LogP contribution in [0.1, 0.15) is 43.1 Å². The van der Waals surface area contributed by atoms with Crippen LogP contribution in [0, 0.1) is 12.8 Å². The first-order valence-corrected chi connectivity index (χ1v) is 8.31. The molecule has 0 amide bonds. The number of hydrogen-bond acceptors (Lipinski definition) is 4. The molecule has 0 bridgehead atoms. The number of nitrogens with one attached hydrogen (secondary N) is 1. The Bertz CT molecular complexity index is 720. The van der Waals surface area contributed by atoms with E-state index in [0.29, 0.717) is 5.92 Å². The second kappa shape index (κ2) is 6.66. The van der Waals surface area contributed by atoms with Crippen molar-refractivity contribution in [2.75, 3.05) is 13.1 Å². The number of rotatable bonds is 4. The Kier molecular flexibility index (Phi) is 4.61. The second-order valence-electron chi connectivity index (χ2n) is 6.61.